The van der Waals surface area contributed by atoms with Crippen molar-refractivity contribution in [2.75, 3.05) is 6.54 Å². The molecule has 1 fully saturated rings. The van der Waals surface area contributed by atoms with Crippen LogP contribution >= 0.6 is 0 Å². The lowest BCUT2D eigenvalue weighted by Gasteiger charge is -2.42. The fourth-order valence-electron chi connectivity index (χ4n) is 3.48. The van der Waals surface area contributed by atoms with E-state index >= 15 is 0 Å². The Balaban J connectivity index is 2.32. The van der Waals surface area contributed by atoms with Crippen LogP contribution in [0.3, 0.4) is 0 Å². The Morgan fingerprint density at radius 1 is 1.20 bits per heavy atom. The van der Waals surface area contributed by atoms with Gasteiger partial charge in [-0.2, -0.15) is 0 Å². The topological polar surface area (TPSA) is 26.0 Å². The van der Waals surface area contributed by atoms with Gasteiger partial charge >= 0.3 is 0 Å². The van der Waals surface area contributed by atoms with Crippen LogP contribution in [0.1, 0.15) is 51.5 Å². The van der Waals surface area contributed by atoms with Gasteiger partial charge in [-0.3, -0.25) is 0 Å². The van der Waals surface area contributed by atoms with E-state index in [0.29, 0.717) is 18.0 Å². The highest BCUT2D eigenvalue weighted by Gasteiger charge is 2.37. The van der Waals surface area contributed by atoms with E-state index in [4.69, 9.17) is 5.73 Å². The second kappa shape index (κ2) is 5.80. The average Bonchev–Trinajstić information content (AvgIpc) is 2.40. The summed E-state index contributed by atoms with van der Waals surface area (Å²) in [6.45, 7) is 7.20. The van der Waals surface area contributed by atoms with Gasteiger partial charge in [0.2, 0.25) is 0 Å². The molecule has 0 amide bonds. The molecule has 1 nitrogen and oxygen atoms in total. The summed E-state index contributed by atoms with van der Waals surface area (Å²) in [6, 6.07) is 3.77. The molecule has 2 rings (SSSR count). The summed E-state index contributed by atoms with van der Waals surface area (Å²) in [5.41, 5.74) is 6.56. The molecule has 0 saturated heterocycles. The van der Waals surface area contributed by atoms with E-state index in [1.807, 2.05) is 0 Å². The lowest BCUT2D eigenvalue weighted by molar-refractivity contribution is 0.131. The summed E-state index contributed by atoms with van der Waals surface area (Å²) in [7, 11) is 0. The Labute approximate surface area is 120 Å². The number of hydrogen-bond acceptors (Lipinski definition) is 1. The van der Waals surface area contributed by atoms with Gasteiger partial charge in [-0.1, -0.05) is 20.8 Å². The lowest BCUT2D eigenvalue weighted by Crippen LogP contribution is -2.34. The molecule has 2 N–H and O–H groups in total. The maximum atomic E-state index is 14.1. The Morgan fingerprint density at radius 3 is 2.50 bits per heavy atom. The van der Waals surface area contributed by atoms with E-state index in [-0.39, 0.29) is 28.9 Å². The highest BCUT2D eigenvalue weighted by molar-refractivity contribution is 5.24. The smallest absolute Gasteiger partial charge is 0.126 e. The summed E-state index contributed by atoms with van der Waals surface area (Å²) >= 11 is 0. The van der Waals surface area contributed by atoms with Crippen molar-refractivity contribution in [3.8, 4) is 0 Å². The molecule has 1 aliphatic rings. The quantitative estimate of drug-likeness (QED) is 0.850. The minimum atomic E-state index is -0.366. The van der Waals surface area contributed by atoms with Crippen molar-refractivity contribution in [3.05, 3.63) is 35.4 Å². The summed E-state index contributed by atoms with van der Waals surface area (Å²) in [4.78, 5) is 0. The van der Waals surface area contributed by atoms with Crippen molar-refractivity contribution >= 4 is 0 Å². The molecule has 0 spiro atoms. The number of rotatable bonds is 2. The van der Waals surface area contributed by atoms with Crippen LogP contribution in [0, 0.1) is 28.9 Å². The van der Waals surface area contributed by atoms with Gasteiger partial charge in [0.25, 0.3) is 0 Å². The van der Waals surface area contributed by atoms with Crippen molar-refractivity contribution < 1.29 is 8.78 Å². The minimum Gasteiger partial charge on any atom is -0.330 e. The van der Waals surface area contributed by atoms with Gasteiger partial charge in [0.1, 0.15) is 11.6 Å². The van der Waals surface area contributed by atoms with E-state index in [0.717, 1.165) is 19.3 Å². The van der Waals surface area contributed by atoms with Gasteiger partial charge in [0.15, 0.2) is 0 Å². The molecule has 112 valence electrons. The van der Waals surface area contributed by atoms with Crippen LogP contribution < -0.4 is 5.73 Å². The summed E-state index contributed by atoms with van der Waals surface area (Å²) < 4.78 is 27.5. The van der Waals surface area contributed by atoms with Crippen molar-refractivity contribution in [1.29, 1.82) is 0 Å². The standard InChI is InChI=1S/C17H25F2N/c1-17(2,3)12-5-4-11(10-20)14(8-12)15-9-13(18)6-7-16(15)19/h6-7,9,11-12,14H,4-5,8,10,20H2,1-3H3. The van der Waals surface area contributed by atoms with Crippen molar-refractivity contribution in [1.82, 2.24) is 0 Å². The molecule has 0 radical (unpaired) electrons. The zero-order valence-electron chi connectivity index (χ0n) is 12.6. The van der Waals surface area contributed by atoms with Crippen molar-refractivity contribution in [2.24, 2.45) is 23.0 Å². The number of hydrogen-bond donors (Lipinski definition) is 1. The largest absolute Gasteiger partial charge is 0.330 e. The fraction of sp³-hybridized carbons (Fsp3) is 0.647. The molecule has 3 atom stereocenters. The summed E-state index contributed by atoms with van der Waals surface area (Å²) in [6.07, 6.45) is 3.02. The van der Waals surface area contributed by atoms with Crippen LogP contribution in [-0.2, 0) is 0 Å². The van der Waals surface area contributed by atoms with Gasteiger partial charge in [-0.15, -0.1) is 0 Å². The number of benzene rings is 1. The maximum absolute atomic E-state index is 14.1. The van der Waals surface area contributed by atoms with E-state index in [1.165, 1.54) is 18.2 Å². The molecule has 1 aromatic rings. The molecular formula is C17H25F2N. The molecular weight excluding hydrogens is 256 g/mol. The Kier molecular flexibility index (Phi) is 4.48. The SMILES string of the molecule is CC(C)(C)C1CCC(CN)C(c2cc(F)ccc2F)C1. The lowest BCUT2D eigenvalue weighted by atomic mass is 9.64. The van der Waals surface area contributed by atoms with Gasteiger partial charge in [-0.05, 0) is 72.7 Å². The van der Waals surface area contributed by atoms with Crippen LogP contribution in [0.2, 0.25) is 0 Å². The van der Waals surface area contributed by atoms with Crippen LogP contribution in [0.25, 0.3) is 0 Å². The first-order valence-electron chi connectivity index (χ1n) is 7.48. The highest BCUT2D eigenvalue weighted by atomic mass is 19.1. The zero-order valence-corrected chi connectivity index (χ0v) is 12.6. The summed E-state index contributed by atoms with van der Waals surface area (Å²) in [5.74, 6) is 0.149. The second-order valence-electron chi connectivity index (χ2n) is 7.14. The Hall–Kier alpha value is -0.960. The van der Waals surface area contributed by atoms with Crippen LogP contribution in [0.4, 0.5) is 8.78 Å². The predicted octanol–water partition coefficient (Wildman–Crippen LogP) is 4.47. The molecule has 0 heterocycles. The van der Waals surface area contributed by atoms with Crippen molar-refractivity contribution in [3.63, 3.8) is 0 Å². The first-order chi connectivity index (χ1) is 9.32. The third-order valence-corrected chi connectivity index (χ3v) is 4.88. The molecule has 1 aromatic carbocycles. The number of halogens is 2. The molecule has 0 aromatic heterocycles. The first-order valence-corrected chi connectivity index (χ1v) is 7.48. The highest BCUT2D eigenvalue weighted by Crippen LogP contribution is 2.47. The van der Waals surface area contributed by atoms with E-state index < -0.39 is 0 Å². The van der Waals surface area contributed by atoms with Gasteiger partial charge in [-0.25, -0.2) is 8.78 Å². The predicted molar refractivity (Wildman–Crippen MR) is 78.4 cm³/mol. The second-order valence-corrected chi connectivity index (χ2v) is 7.14. The van der Waals surface area contributed by atoms with Crippen LogP contribution in [0.15, 0.2) is 18.2 Å². The minimum absolute atomic E-state index is 0.0358. The van der Waals surface area contributed by atoms with Gasteiger partial charge in [0, 0.05) is 0 Å². The number of nitrogens with two attached hydrogens (primary N) is 1. The third kappa shape index (κ3) is 3.20. The summed E-state index contributed by atoms with van der Waals surface area (Å²) in [5, 5.41) is 0. The van der Waals surface area contributed by atoms with Crippen LogP contribution in [0.5, 0.6) is 0 Å². The van der Waals surface area contributed by atoms with Gasteiger partial charge in [0.05, 0.1) is 0 Å². The Bertz CT molecular complexity index is 465. The molecule has 3 heteroatoms. The normalized spacial score (nSPS) is 27.6. The molecule has 1 aliphatic carbocycles. The Morgan fingerprint density at radius 2 is 1.90 bits per heavy atom. The van der Waals surface area contributed by atoms with E-state index in [1.54, 1.807) is 0 Å². The molecule has 3 unspecified atom stereocenters. The molecule has 0 aliphatic heterocycles. The van der Waals surface area contributed by atoms with Crippen LogP contribution in [-0.4, -0.2) is 6.54 Å². The van der Waals surface area contributed by atoms with E-state index in [2.05, 4.69) is 20.8 Å². The maximum Gasteiger partial charge on any atom is 0.126 e. The average molecular weight is 281 g/mol. The molecule has 1 saturated carbocycles. The van der Waals surface area contributed by atoms with Crippen molar-refractivity contribution in [2.45, 2.75) is 46.0 Å². The third-order valence-electron chi connectivity index (χ3n) is 4.88. The molecule has 20 heavy (non-hydrogen) atoms. The van der Waals surface area contributed by atoms with Gasteiger partial charge < -0.3 is 5.73 Å². The molecule has 0 bridgehead atoms. The van der Waals surface area contributed by atoms with E-state index in [9.17, 15) is 8.78 Å². The monoisotopic (exact) mass is 281 g/mol. The fourth-order valence-corrected chi connectivity index (χ4v) is 3.48. The zero-order chi connectivity index (χ0) is 14.9. The first kappa shape index (κ1) is 15.4.